The topological polar surface area (TPSA) is 86.6 Å². The summed E-state index contributed by atoms with van der Waals surface area (Å²) in [6.45, 7) is 2.12. The molecule has 0 aliphatic heterocycles. The molecule has 1 amide bonds. The van der Waals surface area contributed by atoms with Crippen molar-refractivity contribution < 1.29 is 19.8 Å². The number of carbonyl (C=O) groups is 2. The Morgan fingerprint density at radius 3 is 2.44 bits per heavy atom. The van der Waals surface area contributed by atoms with Crippen molar-refractivity contribution in [3.05, 3.63) is 35.4 Å². The van der Waals surface area contributed by atoms with E-state index in [1.54, 1.807) is 0 Å². The standard InChI is InChI=1S/C13H17NO4/c1-9-2-4-10(5-3-9)8-12(16)14-7-6-11(15)13(17)18/h2-5,11,15H,6-8H2,1H3,(H,14,16)(H,17,18)/t11-/m0/s1. The Kier molecular flexibility index (Phi) is 5.32. The Hall–Kier alpha value is -1.88. The third-order valence-corrected chi connectivity index (χ3v) is 2.51. The number of carbonyl (C=O) groups excluding carboxylic acids is 1. The lowest BCUT2D eigenvalue weighted by Crippen LogP contribution is -2.30. The van der Waals surface area contributed by atoms with E-state index < -0.39 is 12.1 Å². The second-order valence-corrected chi connectivity index (χ2v) is 4.16. The summed E-state index contributed by atoms with van der Waals surface area (Å²) in [5, 5.41) is 20.0. The molecule has 98 valence electrons. The molecule has 5 heteroatoms. The van der Waals surface area contributed by atoms with Crippen molar-refractivity contribution in [1.82, 2.24) is 5.32 Å². The van der Waals surface area contributed by atoms with Crippen LogP contribution in [0.1, 0.15) is 17.5 Å². The van der Waals surface area contributed by atoms with E-state index in [0.717, 1.165) is 11.1 Å². The molecule has 18 heavy (non-hydrogen) atoms. The van der Waals surface area contributed by atoms with Gasteiger partial charge in [0.05, 0.1) is 6.42 Å². The van der Waals surface area contributed by atoms with E-state index in [-0.39, 0.29) is 25.3 Å². The lowest BCUT2D eigenvalue weighted by Gasteiger charge is -2.07. The molecule has 3 N–H and O–H groups in total. The maximum absolute atomic E-state index is 11.5. The summed E-state index contributed by atoms with van der Waals surface area (Å²) < 4.78 is 0. The highest BCUT2D eigenvalue weighted by atomic mass is 16.4. The number of nitrogens with one attached hydrogen (secondary N) is 1. The Balaban J connectivity index is 2.30. The fraction of sp³-hybridized carbons (Fsp3) is 0.385. The normalized spacial score (nSPS) is 11.9. The number of aryl methyl sites for hydroxylation is 1. The molecule has 0 spiro atoms. The first-order valence-corrected chi connectivity index (χ1v) is 5.72. The van der Waals surface area contributed by atoms with Gasteiger partial charge in [-0.05, 0) is 12.5 Å². The highest BCUT2D eigenvalue weighted by Crippen LogP contribution is 2.03. The molecule has 1 aromatic carbocycles. The van der Waals surface area contributed by atoms with Crippen molar-refractivity contribution in [2.45, 2.75) is 25.9 Å². The first-order chi connectivity index (χ1) is 8.49. The summed E-state index contributed by atoms with van der Waals surface area (Å²) in [6, 6.07) is 7.61. The number of carboxylic acid groups (broad SMARTS) is 1. The van der Waals surface area contributed by atoms with Crippen LogP contribution in [0.2, 0.25) is 0 Å². The minimum absolute atomic E-state index is 0.00890. The molecule has 0 radical (unpaired) electrons. The summed E-state index contributed by atoms with van der Waals surface area (Å²) in [6.07, 6.45) is -1.16. The molecule has 0 aliphatic rings. The van der Waals surface area contributed by atoms with Gasteiger partial charge in [0.25, 0.3) is 0 Å². The van der Waals surface area contributed by atoms with Crippen LogP contribution in [0.3, 0.4) is 0 Å². The largest absolute Gasteiger partial charge is 0.479 e. The molecule has 0 bridgehead atoms. The van der Waals surface area contributed by atoms with Crippen LogP contribution in [0, 0.1) is 6.92 Å². The molecule has 0 heterocycles. The smallest absolute Gasteiger partial charge is 0.332 e. The average Bonchev–Trinajstić information content (AvgIpc) is 2.32. The maximum Gasteiger partial charge on any atom is 0.332 e. The number of benzene rings is 1. The third-order valence-electron chi connectivity index (χ3n) is 2.51. The van der Waals surface area contributed by atoms with Crippen molar-refractivity contribution in [2.75, 3.05) is 6.54 Å². The van der Waals surface area contributed by atoms with E-state index in [1.807, 2.05) is 31.2 Å². The molecule has 1 rings (SSSR count). The summed E-state index contributed by atoms with van der Waals surface area (Å²) in [5.74, 6) is -1.46. The van der Waals surface area contributed by atoms with E-state index in [0.29, 0.717) is 0 Å². The highest BCUT2D eigenvalue weighted by molar-refractivity contribution is 5.78. The number of aliphatic hydroxyl groups excluding tert-OH is 1. The molecule has 0 saturated heterocycles. The second kappa shape index (κ2) is 6.76. The second-order valence-electron chi connectivity index (χ2n) is 4.16. The van der Waals surface area contributed by atoms with Gasteiger partial charge in [0.15, 0.2) is 6.10 Å². The Bertz CT molecular complexity index is 414. The van der Waals surface area contributed by atoms with Gasteiger partial charge in [-0.15, -0.1) is 0 Å². The quantitative estimate of drug-likeness (QED) is 0.686. The SMILES string of the molecule is Cc1ccc(CC(=O)NCC[C@H](O)C(=O)O)cc1. The Morgan fingerprint density at radius 2 is 1.89 bits per heavy atom. The molecule has 0 saturated carbocycles. The van der Waals surface area contributed by atoms with Crippen molar-refractivity contribution in [1.29, 1.82) is 0 Å². The zero-order valence-electron chi connectivity index (χ0n) is 10.2. The summed E-state index contributed by atoms with van der Waals surface area (Å²) in [4.78, 5) is 21.8. The fourth-order valence-corrected chi connectivity index (χ4v) is 1.43. The number of carboxylic acids is 1. The van der Waals surface area contributed by atoms with Crippen LogP contribution in [-0.2, 0) is 16.0 Å². The average molecular weight is 251 g/mol. The molecule has 0 aromatic heterocycles. The Labute approximate surface area is 105 Å². The molecule has 0 unspecified atom stereocenters. The van der Waals surface area contributed by atoms with Gasteiger partial charge in [-0.2, -0.15) is 0 Å². The molecular weight excluding hydrogens is 234 g/mol. The zero-order valence-corrected chi connectivity index (χ0v) is 10.2. The van der Waals surface area contributed by atoms with Crippen LogP contribution in [0.25, 0.3) is 0 Å². The number of hydrogen-bond acceptors (Lipinski definition) is 3. The van der Waals surface area contributed by atoms with Gasteiger partial charge in [-0.3, -0.25) is 4.79 Å². The predicted octanol–water partition coefficient (Wildman–Crippen LogP) is 0.489. The zero-order chi connectivity index (χ0) is 13.5. The van der Waals surface area contributed by atoms with Gasteiger partial charge in [0.1, 0.15) is 0 Å². The molecule has 5 nitrogen and oxygen atoms in total. The molecule has 0 aliphatic carbocycles. The van der Waals surface area contributed by atoms with E-state index in [1.165, 1.54) is 0 Å². The van der Waals surface area contributed by atoms with Crippen LogP contribution >= 0.6 is 0 Å². The van der Waals surface area contributed by atoms with Crippen molar-refractivity contribution in [3.8, 4) is 0 Å². The van der Waals surface area contributed by atoms with E-state index in [4.69, 9.17) is 10.2 Å². The molecule has 1 atom stereocenters. The molecular formula is C13H17NO4. The van der Waals surface area contributed by atoms with E-state index >= 15 is 0 Å². The van der Waals surface area contributed by atoms with Crippen LogP contribution in [0.4, 0.5) is 0 Å². The number of hydrogen-bond donors (Lipinski definition) is 3. The Morgan fingerprint density at radius 1 is 1.28 bits per heavy atom. The van der Waals surface area contributed by atoms with Gasteiger partial charge >= 0.3 is 5.97 Å². The number of aliphatic hydroxyl groups is 1. The predicted molar refractivity (Wildman–Crippen MR) is 66.2 cm³/mol. The first kappa shape index (κ1) is 14.2. The fourth-order valence-electron chi connectivity index (χ4n) is 1.43. The summed E-state index contributed by atoms with van der Waals surface area (Å²) in [7, 11) is 0. The van der Waals surface area contributed by atoms with Crippen molar-refractivity contribution in [3.63, 3.8) is 0 Å². The number of aliphatic carboxylic acids is 1. The van der Waals surface area contributed by atoms with Crippen LogP contribution in [-0.4, -0.2) is 34.7 Å². The van der Waals surface area contributed by atoms with Gasteiger partial charge in [0.2, 0.25) is 5.91 Å². The van der Waals surface area contributed by atoms with E-state index in [2.05, 4.69) is 5.32 Å². The highest BCUT2D eigenvalue weighted by Gasteiger charge is 2.12. The van der Waals surface area contributed by atoms with Crippen LogP contribution < -0.4 is 5.32 Å². The summed E-state index contributed by atoms with van der Waals surface area (Å²) in [5.41, 5.74) is 2.03. The molecule has 0 fully saturated rings. The van der Waals surface area contributed by atoms with Crippen molar-refractivity contribution in [2.24, 2.45) is 0 Å². The first-order valence-electron chi connectivity index (χ1n) is 5.72. The van der Waals surface area contributed by atoms with Gasteiger partial charge in [-0.1, -0.05) is 29.8 Å². The van der Waals surface area contributed by atoms with Crippen LogP contribution in [0.15, 0.2) is 24.3 Å². The number of amides is 1. The van der Waals surface area contributed by atoms with Gasteiger partial charge < -0.3 is 15.5 Å². The minimum atomic E-state index is -1.43. The van der Waals surface area contributed by atoms with Crippen molar-refractivity contribution >= 4 is 11.9 Å². The minimum Gasteiger partial charge on any atom is -0.479 e. The molecule has 1 aromatic rings. The van der Waals surface area contributed by atoms with Gasteiger partial charge in [-0.25, -0.2) is 4.79 Å². The lowest BCUT2D eigenvalue weighted by molar-refractivity contribution is -0.147. The monoisotopic (exact) mass is 251 g/mol. The maximum atomic E-state index is 11.5. The van der Waals surface area contributed by atoms with Gasteiger partial charge in [0, 0.05) is 13.0 Å². The van der Waals surface area contributed by atoms with E-state index in [9.17, 15) is 9.59 Å². The number of rotatable bonds is 6. The summed E-state index contributed by atoms with van der Waals surface area (Å²) >= 11 is 0. The lowest BCUT2D eigenvalue weighted by atomic mass is 10.1. The third kappa shape index (κ3) is 4.97. The van der Waals surface area contributed by atoms with Crippen LogP contribution in [0.5, 0.6) is 0 Å².